The molecule has 1 aliphatic carbocycles. The summed E-state index contributed by atoms with van der Waals surface area (Å²) in [5.41, 5.74) is 0.126. The summed E-state index contributed by atoms with van der Waals surface area (Å²) >= 11 is 14.1. The zero-order chi connectivity index (χ0) is 25.4. The number of halogens is 2. The second kappa shape index (κ2) is 9.91. The Bertz CT molecular complexity index is 1440. The van der Waals surface area contributed by atoms with Crippen molar-refractivity contribution < 1.29 is 9.90 Å². The number of thiophene rings is 1. The minimum Gasteiger partial charge on any atom is -0.372 e. The van der Waals surface area contributed by atoms with Gasteiger partial charge in [0.25, 0.3) is 5.91 Å². The molecule has 0 aliphatic heterocycles. The Morgan fingerprint density at radius 3 is 2.78 bits per heavy atom. The molecule has 4 N–H and O–H groups in total. The van der Waals surface area contributed by atoms with Crippen molar-refractivity contribution in [3.05, 3.63) is 70.1 Å². The molecule has 8 nitrogen and oxygen atoms in total. The standard InChI is InChI=1S/C25H24Cl2N6O2S/c1-13-11-15(26)8-10-18(13)29-25(2,35)14-7-9-16(23-30-32-33-31-23)19(12-14)28-24(34)22-21(27)17-5-3-4-6-20(17)36-22/h3-10,12-13,15,18,29,35H,11H2,1-2H3,(H,28,34)(H,30,31,32,33). The van der Waals surface area contributed by atoms with Gasteiger partial charge in [0.05, 0.1) is 16.1 Å². The molecule has 5 rings (SSSR count). The van der Waals surface area contributed by atoms with Gasteiger partial charge in [0.15, 0.2) is 0 Å². The smallest absolute Gasteiger partial charge is 0.267 e. The molecule has 186 valence electrons. The quantitative estimate of drug-likeness (QED) is 0.149. The number of allylic oxidation sites excluding steroid dienone is 1. The van der Waals surface area contributed by atoms with E-state index in [1.54, 1.807) is 25.1 Å². The number of hydrogen-bond acceptors (Lipinski definition) is 7. The highest BCUT2D eigenvalue weighted by Gasteiger charge is 2.31. The third-order valence-electron chi connectivity index (χ3n) is 6.34. The normalized spacial score (nSPS) is 21.4. The van der Waals surface area contributed by atoms with E-state index in [1.165, 1.54) is 11.3 Å². The molecule has 2 heterocycles. The van der Waals surface area contributed by atoms with Crippen molar-refractivity contribution in [3.8, 4) is 11.4 Å². The minimum atomic E-state index is -1.40. The molecule has 0 saturated carbocycles. The van der Waals surface area contributed by atoms with E-state index in [0.717, 1.165) is 16.5 Å². The van der Waals surface area contributed by atoms with E-state index in [4.69, 9.17) is 23.2 Å². The number of alkyl halides is 1. The monoisotopic (exact) mass is 542 g/mol. The lowest BCUT2D eigenvalue weighted by molar-refractivity contribution is 0.00610. The Balaban J connectivity index is 1.49. The average Bonchev–Trinajstić information content (AvgIpc) is 3.50. The first kappa shape index (κ1) is 24.9. The van der Waals surface area contributed by atoms with E-state index in [-0.39, 0.29) is 23.2 Å². The van der Waals surface area contributed by atoms with Gasteiger partial charge in [-0.25, -0.2) is 0 Å². The van der Waals surface area contributed by atoms with Crippen LogP contribution in [0.2, 0.25) is 5.02 Å². The van der Waals surface area contributed by atoms with Gasteiger partial charge in [0.2, 0.25) is 5.82 Å². The average molecular weight is 543 g/mol. The number of H-pyrrole nitrogens is 1. The number of tetrazole rings is 1. The van der Waals surface area contributed by atoms with Crippen LogP contribution in [0.4, 0.5) is 5.69 Å². The van der Waals surface area contributed by atoms with Crippen LogP contribution < -0.4 is 10.6 Å². The Kier molecular flexibility index (Phi) is 6.84. The number of hydrogen-bond donors (Lipinski definition) is 4. The van der Waals surface area contributed by atoms with E-state index in [9.17, 15) is 9.90 Å². The number of aromatic nitrogens is 4. The third-order valence-corrected chi connectivity index (χ3v) is 8.34. The molecule has 0 radical (unpaired) electrons. The highest BCUT2D eigenvalue weighted by Crippen LogP contribution is 2.37. The molecular weight excluding hydrogens is 519 g/mol. The number of rotatable bonds is 6. The second-order valence-electron chi connectivity index (χ2n) is 9.05. The summed E-state index contributed by atoms with van der Waals surface area (Å²) in [5.74, 6) is 0.174. The van der Waals surface area contributed by atoms with Crippen LogP contribution in [-0.2, 0) is 5.72 Å². The summed E-state index contributed by atoms with van der Waals surface area (Å²) in [6.45, 7) is 3.77. The molecule has 4 unspecified atom stereocenters. The van der Waals surface area contributed by atoms with Gasteiger partial charge in [-0.3, -0.25) is 10.1 Å². The van der Waals surface area contributed by atoms with Gasteiger partial charge in [0, 0.05) is 27.3 Å². The SMILES string of the molecule is CC1CC(Cl)C=CC1NC(C)(O)c1ccc(-c2nn[nH]n2)c(NC(=O)c2sc3ccccc3c2Cl)c1. The van der Waals surface area contributed by atoms with Crippen LogP contribution in [0.5, 0.6) is 0 Å². The number of aromatic amines is 1. The van der Waals surface area contributed by atoms with E-state index >= 15 is 0 Å². The maximum absolute atomic E-state index is 13.3. The molecule has 1 aliphatic rings. The Morgan fingerprint density at radius 2 is 2.06 bits per heavy atom. The molecule has 4 aromatic rings. The number of nitrogens with zero attached hydrogens (tertiary/aromatic N) is 3. The molecule has 2 aromatic heterocycles. The van der Waals surface area contributed by atoms with E-state index < -0.39 is 5.72 Å². The molecular formula is C25H24Cl2N6O2S. The first-order chi connectivity index (χ1) is 17.2. The van der Waals surface area contributed by atoms with Gasteiger partial charge >= 0.3 is 0 Å². The van der Waals surface area contributed by atoms with Crippen LogP contribution in [0.25, 0.3) is 21.5 Å². The topological polar surface area (TPSA) is 116 Å². The Morgan fingerprint density at radius 1 is 1.25 bits per heavy atom. The summed E-state index contributed by atoms with van der Waals surface area (Å²) in [4.78, 5) is 13.7. The fourth-order valence-electron chi connectivity index (χ4n) is 4.37. The summed E-state index contributed by atoms with van der Waals surface area (Å²) in [6.07, 6.45) is 4.73. The van der Waals surface area contributed by atoms with Crippen molar-refractivity contribution in [2.24, 2.45) is 5.92 Å². The van der Waals surface area contributed by atoms with Crippen LogP contribution in [-0.4, -0.2) is 43.1 Å². The molecule has 0 saturated heterocycles. The maximum atomic E-state index is 13.3. The van der Waals surface area contributed by atoms with Crippen molar-refractivity contribution in [3.63, 3.8) is 0 Å². The molecule has 11 heteroatoms. The zero-order valence-electron chi connectivity index (χ0n) is 19.5. The molecule has 36 heavy (non-hydrogen) atoms. The largest absolute Gasteiger partial charge is 0.372 e. The first-order valence-electron chi connectivity index (χ1n) is 11.4. The zero-order valence-corrected chi connectivity index (χ0v) is 21.8. The number of amides is 1. The van der Waals surface area contributed by atoms with Gasteiger partial charge in [-0.15, -0.1) is 33.1 Å². The molecule has 1 amide bonds. The van der Waals surface area contributed by atoms with Crippen LogP contribution in [0.1, 0.15) is 35.5 Å². The van der Waals surface area contributed by atoms with Crippen molar-refractivity contribution in [2.45, 2.75) is 37.4 Å². The first-order valence-corrected chi connectivity index (χ1v) is 13.0. The maximum Gasteiger partial charge on any atom is 0.267 e. The van der Waals surface area contributed by atoms with Gasteiger partial charge in [0.1, 0.15) is 10.6 Å². The fraction of sp³-hybridized carbons (Fsp3) is 0.280. The predicted molar refractivity (Wildman–Crippen MR) is 143 cm³/mol. The van der Waals surface area contributed by atoms with Gasteiger partial charge < -0.3 is 10.4 Å². The van der Waals surface area contributed by atoms with E-state index in [2.05, 4.69) is 38.2 Å². The van der Waals surface area contributed by atoms with Crippen molar-refractivity contribution >= 4 is 56.2 Å². The van der Waals surface area contributed by atoms with Gasteiger partial charge in [-0.05, 0) is 42.7 Å². The number of aliphatic hydroxyl groups is 1. The lowest BCUT2D eigenvalue weighted by atomic mass is 9.89. The van der Waals surface area contributed by atoms with Crippen molar-refractivity contribution in [1.82, 2.24) is 25.9 Å². The second-order valence-corrected chi connectivity index (χ2v) is 11.0. The highest BCUT2D eigenvalue weighted by molar-refractivity contribution is 7.21. The van der Waals surface area contributed by atoms with Crippen LogP contribution in [0.3, 0.4) is 0 Å². The summed E-state index contributed by atoms with van der Waals surface area (Å²) in [6, 6.07) is 12.7. The Hall–Kier alpha value is -2.82. The van der Waals surface area contributed by atoms with Gasteiger partial charge in [-0.2, -0.15) is 5.21 Å². The van der Waals surface area contributed by atoms with Crippen LogP contribution in [0, 0.1) is 5.92 Å². The molecule has 0 fully saturated rings. The highest BCUT2D eigenvalue weighted by atomic mass is 35.5. The number of nitrogens with one attached hydrogen (secondary N) is 3. The van der Waals surface area contributed by atoms with Crippen molar-refractivity contribution in [1.29, 1.82) is 0 Å². The summed E-state index contributed by atoms with van der Waals surface area (Å²) < 4.78 is 0.917. The minimum absolute atomic E-state index is 0.0141. The lowest BCUT2D eigenvalue weighted by Crippen LogP contribution is -2.49. The Labute approximate surface area is 221 Å². The van der Waals surface area contributed by atoms with Crippen LogP contribution >= 0.6 is 34.5 Å². The number of fused-ring (bicyclic) bond motifs is 1. The number of anilines is 1. The molecule has 4 atom stereocenters. The summed E-state index contributed by atoms with van der Waals surface area (Å²) in [7, 11) is 0. The van der Waals surface area contributed by atoms with Crippen LogP contribution in [0.15, 0.2) is 54.6 Å². The van der Waals surface area contributed by atoms with E-state index in [1.807, 2.05) is 36.4 Å². The third kappa shape index (κ3) is 4.89. The lowest BCUT2D eigenvalue weighted by Gasteiger charge is -2.35. The molecule has 0 bridgehead atoms. The molecule has 0 spiro atoms. The summed E-state index contributed by atoms with van der Waals surface area (Å²) in [5, 5.41) is 33.0. The fourth-order valence-corrected chi connectivity index (χ4v) is 6.15. The number of benzene rings is 2. The van der Waals surface area contributed by atoms with Gasteiger partial charge in [-0.1, -0.05) is 54.9 Å². The number of carbonyl (C=O) groups is 1. The predicted octanol–water partition coefficient (Wildman–Crippen LogP) is 5.31. The van der Waals surface area contributed by atoms with Crippen molar-refractivity contribution in [2.75, 3.05) is 5.32 Å². The molecule has 2 aromatic carbocycles. The van der Waals surface area contributed by atoms with E-state index in [0.29, 0.717) is 32.5 Å². The number of carbonyl (C=O) groups excluding carboxylic acids is 1.